The second-order valence-electron chi connectivity index (χ2n) is 6.75. The molecule has 0 bridgehead atoms. The second-order valence-corrected chi connectivity index (χ2v) is 7.19. The van der Waals surface area contributed by atoms with Gasteiger partial charge in [0.2, 0.25) is 5.91 Å². The summed E-state index contributed by atoms with van der Waals surface area (Å²) in [7, 11) is 0. The summed E-state index contributed by atoms with van der Waals surface area (Å²) in [4.78, 5) is 23.4. The van der Waals surface area contributed by atoms with Crippen LogP contribution in [0.5, 0.6) is 6.01 Å². The maximum Gasteiger partial charge on any atom is 0.316 e. The van der Waals surface area contributed by atoms with E-state index < -0.39 is 0 Å². The fourth-order valence-corrected chi connectivity index (χ4v) is 3.58. The largest absolute Gasteiger partial charge is 0.458 e. The molecular weight excluding hydrogens is 374 g/mol. The van der Waals surface area contributed by atoms with Crippen LogP contribution >= 0.6 is 11.6 Å². The van der Waals surface area contributed by atoms with Gasteiger partial charge < -0.3 is 9.64 Å². The molecule has 2 aromatic carbocycles. The van der Waals surface area contributed by atoms with Crippen LogP contribution in [-0.4, -0.2) is 40.0 Å². The zero-order valence-corrected chi connectivity index (χ0v) is 16.0. The van der Waals surface area contributed by atoms with Crippen molar-refractivity contribution in [1.82, 2.24) is 14.9 Å². The molecule has 0 radical (unpaired) electrons. The van der Waals surface area contributed by atoms with Crippen molar-refractivity contribution < 1.29 is 9.53 Å². The van der Waals surface area contributed by atoms with Crippen molar-refractivity contribution in [2.24, 2.45) is 0 Å². The molecule has 2 heterocycles. The van der Waals surface area contributed by atoms with E-state index in [0.29, 0.717) is 18.1 Å². The molecule has 142 valence electrons. The number of likely N-dealkylation sites (tertiary alicyclic amines) is 1. The molecule has 28 heavy (non-hydrogen) atoms. The predicted molar refractivity (Wildman–Crippen MR) is 107 cm³/mol. The van der Waals surface area contributed by atoms with Gasteiger partial charge in [-0.25, -0.2) is 9.97 Å². The molecule has 0 aliphatic carbocycles. The average molecular weight is 394 g/mol. The Morgan fingerprint density at radius 3 is 2.14 bits per heavy atom. The summed E-state index contributed by atoms with van der Waals surface area (Å²) in [6.07, 6.45) is 3.62. The lowest BCUT2D eigenvalue weighted by atomic mass is 9.90. The van der Waals surface area contributed by atoms with Gasteiger partial charge in [0, 0.05) is 13.0 Å². The van der Waals surface area contributed by atoms with Crippen molar-refractivity contribution >= 4 is 17.5 Å². The Bertz CT molecular complexity index is 880. The van der Waals surface area contributed by atoms with E-state index in [2.05, 4.69) is 9.97 Å². The van der Waals surface area contributed by atoms with E-state index >= 15 is 0 Å². The minimum absolute atomic E-state index is 0.0838. The monoisotopic (exact) mass is 393 g/mol. The van der Waals surface area contributed by atoms with Crippen LogP contribution in [0.15, 0.2) is 73.1 Å². The van der Waals surface area contributed by atoms with E-state index in [4.69, 9.17) is 16.3 Å². The van der Waals surface area contributed by atoms with Crippen molar-refractivity contribution in [3.63, 3.8) is 0 Å². The summed E-state index contributed by atoms with van der Waals surface area (Å²) < 4.78 is 5.83. The Labute approximate surface area is 169 Å². The quantitative estimate of drug-likeness (QED) is 0.658. The van der Waals surface area contributed by atoms with Crippen molar-refractivity contribution in [3.8, 4) is 6.01 Å². The Kier molecular flexibility index (Phi) is 5.53. The lowest BCUT2D eigenvalue weighted by Gasteiger charge is -2.24. The molecule has 1 aliphatic rings. The van der Waals surface area contributed by atoms with E-state index in [1.54, 1.807) is 0 Å². The Morgan fingerprint density at radius 1 is 1.00 bits per heavy atom. The molecule has 1 aliphatic heterocycles. The molecule has 5 nitrogen and oxygen atoms in total. The summed E-state index contributed by atoms with van der Waals surface area (Å²) in [5.74, 6) is -0.242. The van der Waals surface area contributed by atoms with E-state index in [1.807, 2.05) is 65.6 Å². The second kappa shape index (κ2) is 8.40. The first-order valence-electron chi connectivity index (χ1n) is 9.23. The Balaban J connectivity index is 1.51. The lowest BCUT2D eigenvalue weighted by molar-refractivity contribution is -0.131. The first-order chi connectivity index (χ1) is 13.7. The van der Waals surface area contributed by atoms with E-state index in [9.17, 15) is 4.79 Å². The number of ether oxygens (including phenoxy) is 1. The normalized spacial score (nSPS) is 16.4. The number of nitrogens with zero attached hydrogens (tertiary/aromatic N) is 3. The maximum absolute atomic E-state index is 13.4. The third kappa shape index (κ3) is 4.15. The van der Waals surface area contributed by atoms with Crippen molar-refractivity contribution in [2.45, 2.75) is 18.4 Å². The van der Waals surface area contributed by atoms with E-state index in [1.165, 1.54) is 12.4 Å². The van der Waals surface area contributed by atoms with E-state index in [0.717, 1.165) is 17.5 Å². The summed E-state index contributed by atoms with van der Waals surface area (Å²) in [5.41, 5.74) is 1.98. The number of benzene rings is 2. The number of carbonyl (C=O) groups is 1. The molecule has 1 amide bonds. The molecule has 1 saturated heterocycles. The summed E-state index contributed by atoms with van der Waals surface area (Å²) in [6.45, 7) is 1.16. The number of carbonyl (C=O) groups excluding carboxylic acids is 1. The molecule has 0 spiro atoms. The van der Waals surface area contributed by atoms with Gasteiger partial charge in [0.25, 0.3) is 0 Å². The van der Waals surface area contributed by atoms with Crippen LogP contribution in [0.4, 0.5) is 0 Å². The third-order valence-corrected chi connectivity index (χ3v) is 5.03. The van der Waals surface area contributed by atoms with Crippen LogP contribution < -0.4 is 4.74 Å². The lowest BCUT2D eigenvalue weighted by Crippen LogP contribution is -2.35. The number of rotatable bonds is 5. The number of aromatic nitrogens is 2. The fraction of sp³-hybridized carbons (Fsp3) is 0.227. The molecule has 0 unspecified atom stereocenters. The maximum atomic E-state index is 13.4. The minimum atomic E-state index is -0.326. The van der Waals surface area contributed by atoms with Gasteiger partial charge in [-0.3, -0.25) is 4.79 Å². The highest BCUT2D eigenvalue weighted by Gasteiger charge is 2.33. The van der Waals surface area contributed by atoms with Crippen molar-refractivity contribution in [1.29, 1.82) is 0 Å². The minimum Gasteiger partial charge on any atom is -0.458 e. The highest BCUT2D eigenvalue weighted by Crippen LogP contribution is 2.29. The fourth-order valence-electron chi connectivity index (χ4n) is 3.49. The molecule has 1 aromatic heterocycles. The molecule has 1 atom stereocenters. The molecule has 0 N–H and O–H groups in total. The van der Waals surface area contributed by atoms with Gasteiger partial charge in [-0.15, -0.1) is 0 Å². The molecule has 1 fully saturated rings. The van der Waals surface area contributed by atoms with Crippen LogP contribution in [0.3, 0.4) is 0 Å². The van der Waals surface area contributed by atoms with Gasteiger partial charge in [0.05, 0.1) is 29.9 Å². The summed E-state index contributed by atoms with van der Waals surface area (Å²) >= 11 is 5.81. The van der Waals surface area contributed by atoms with Crippen molar-refractivity contribution in [3.05, 3.63) is 89.2 Å². The molecule has 4 rings (SSSR count). The topological polar surface area (TPSA) is 55.3 Å². The van der Waals surface area contributed by atoms with Crippen LogP contribution in [-0.2, 0) is 4.79 Å². The zero-order valence-electron chi connectivity index (χ0n) is 15.2. The average Bonchev–Trinajstić information content (AvgIpc) is 3.20. The number of hydrogen-bond donors (Lipinski definition) is 0. The molecule has 6 heteroatoms. The molecule has 3 aromatic rings. The van der Waals surface area contributed by atoms with E-state index in [-0.39, 0.29) is 23.9 Å². The predicted octanol–water partition coefficient (Wildman–Crippen LogP) is 3.94. The number of hydrogen-bond acceptors (Lipinski definition) is 4. The Hall–Kier alpha value is -2.92. The zero-order chi connectivity index (χ0) is 19.3. The van der Waals surface area contributed by atoms with Gasteiger partial charge in [-0.05, 0) is 11.1 Å². The van der Waals surface area contributed by atoms with Crippen LogP contribution in [0, 0.1) is 0 Å². The van der Waals surface area contributed by atoms with Gasteiger partial charge in [-0.1, -0.05) is 72.3 Å². The first-order valence-corrected chi connectivity index (χ1v) is 9.61. The first kappa shape index (κ1) is 18.4. The number of halogens is 1. The van der Waals surface area contributed by atoms with Crippen molar-refractivity contribution in [2.75, 3.05) is 13.1 Å². The van der Waals surface area contributed by atoms with Gasteiger partial charge in [0.15, 0.2) is 0 Å². The number of amides is 1. The standard InChI is InChI=1S/C22H20ClN3O2/c23-18-13-24-22(25-14-18)28-19-11-12-26(15-19)21(27)20(16-7-3-1-4-8-16)17-9-5-2-6-10-17/h1-10,13-14,19-20H,11-12,15H2/t19-/m0/s1. The summed E-state index contributed by atoms with van der Waals surface area (Å²) in [6, 6.07) is 20.1. The van der Waals surface area contributed by atoms with Gasteiger partial charge >= 0.3 is 6.01 Å². The van der Waals surface area contributed by atoms with Crippen LogP contribution in [0.2, 0.25) is 5.02 Å². The van der Waals surface area contributed by atoms with Gasteiger partial charge in [-0.2, -0.15) is 0 Å². The third-order valence-electron chi connectivity index (χ3n) is 4.84. The highest BCUT2D eigenvalue weighted by atomic mass is 35.5. The Morgan fingerprint density at radius 2 is 1.57 bits per heavy atom. The van der Waals surface area contributed by atoms with Gasteiger partial charge in [0.1, 0.15) is 6.10 Å². The smallest absolute Gasteiger partial charge is 0.316 e. The molecule has 0 saturated carbocycles. The van der Waals surface area contributed by atoms with Crippen LogP contribution in [0.1, 0.15) is 23.5 Å². The summed E-state index contributed by atoms with van der Waals surface area (Å²) in [5, 5.41) is 0.462. The highest BCUT2D eigenvalue weighted by molar-refractivity contribution is 6.30. The molecular formula is C22H20ClN3O2. The SMILES string of the molecule is O=C(C(c1ccccc1)c1ccccc1)N1CC[C@H](Oc2ncc(Cl)cn2)C1. The van der Waals surface area contributed by atoms with Crippen LogP contribution in [0.25, 0.3) is 0 Å².